The van der Waals surface area contributed by atoms with Crippen molar-refractivity contribution in [2.75, 3.05) is 7.11 Å². The van der Waals surface area contributed by atoms with Gasteiger partial charge >= 0.3 is 0 Å². The third kappa shape index (κ3) is 3.80. The Kier molecular flexibility index (Phi) is 5.31. The summed E-state index contributed by atoms with van der Waals surface area (Å²) >= 11 is 12.0. The van der Waals surface area contributed by atoms with Gasteiger partial charge in [0.05, 0.1) is 13.3 Å². The highest BCUT2D eigenvalue weighted by atomic mass is 35.5. The van der Waals surface area contributed by atoms with Crippen molar-refractivity contribution in [2.24, 2.45) is 5.16 Å². The fourth-order valence-electron chi connectivity index (χ4n) is 1.80. The Morgan fingerprint density at radius 3 is 2.71 bits per heavy atom. The molecule has 1 N–H and O–H groups in total. The summed E-state index contributed by atoms with van der Waals surface area (Å²) in [6, 6.07) is 10.5. The van der Waals surface area contributed by atoms with Crippen LogP contribution >= 0.6 is 23.2 Å². The van der Waals surface area contributed by atoms with E-state index >= 15 is 0 Å². The molecule has 0 aliphatic rings. The summed E-state index contributed by atoms with van der Waals surface area (Å²) in [5.74, 6) is 1.02. The monoisotopic (exact) mass is 325 g/mol. The van der Waals surface area contributed by atoms with Gasteiger partial charge in [0.25, 0.3) is 0 Å². The van der Waals surface area contributed by atoms with Gasteiger partial charge < -0.3 is 14.7 Å². The predicted molar refractivity (Wildman–Crippen MR) is 83.2 cm³/mol. The SMILES string of the molecule is COc1cccc(C=NO)c1OCc1ccc(Cl)cc1Cl. The molecule has 0 radical (unpaired) electrons. The molecule has 0 aromatic heterocycles. The zero-order chi connectivity index (χ0) is 15.2. The van der Waals surface area contributed by atoms with E-state index in [4.69, 9.17) is 37.9 Å². The molecule has 21 heavy (non-hydrogen) atoms. The van der Waals surface area contributed by atoms with Gasteiger partial charge in [-0.2, -0.15) is 0 Å². The van der Waals surface area contributed by atoms with Crippen molar-refractivity contribution in [3.05, 3.63) is 57.6 Å². The summed E-state index contributed by atoms with van der Waals surface area (Å²) in [5.41, 5.74) is 1.39. The van der Waals surface area contributed by atoms with E-state index in [9.17, 15) is 0 Å². The summed E-state index contributed by atoms with van der Waals surface area (Å²) in [6.45, 7) is 0.239. The van der Waals surface area contributed by atoms with Gasteiger partial charge in [-0.1, -0.05) is 40.5 Å². The van der Waals surface area contributed by atoms with Crippen LogP contribution in [-0.4, -0.2) is 18.5 Å². The molecular weight excluding hydrogens is 313 g/mol. The molecule has 0 bridgehead atoms. The number of methoxy groups -OCH3 is 1. The number of oxime groups is 1. The summed E-state index contributed by atoms with van der Waals surface area (Å²) < 4.78 is 11.0. The number of rotatable bonds is 5. The molecule has 0 aliphatic carbocycles. The maximum Gasteiger partial charge on any atom is 0.170 e. The molecule has 2 aromatic rings. The normalized spacial score (nSPS) is 10.8. The molecule has 0 heterocycles. The second-order valence-electron chi connectivity index (χ2n) is 4.15. The largest absolute Gasteiger partial charge is 0.493 e. The summed E-state index contributed by atoms with van der Waals surface area (Å²) in [7, 11) is 1.54. The molecule has 110 valence electrons. The van der Waals surface area contributed by atoms with Gasteiger partial charge in [-0.3, -0.25) is 0 Å². The lowest BCUT2D eigenvalue weighted by Crippen LogP contribution is -2.01. The first-order valence-electron chi connectivity index (χ1n) is 6.07. The smallest absolute Gasteiger partial charge is 0.170 e. The Morgan fingerprint density at radius 1 is 1.24 bits per heavy atom. The third-order valence-electron chi connectivity index (χ3n) is 2.81. The van der Waals surface area contributed by atoms with Crippen LogP contribution in [0.3, 0.4) is 0 Å². The zero-order valence-corrected chi connectivity index (χ0v) is 12.7. The van der Waals surface area contributed by atoms with Gasteiger partial charge in [-0.05, 0) is 24.3 Å². The van der Waals surface area contributed by atoms with E-state index in [0.717, 1.165) is 5.56 Å². The third-order valence-corrected chi connectivity index (χ3v) is 3.40. The van der Waals surface area contributed by atoms with E-state index < -0.39 is 0 Å². The van der Waals surface area contributed by atoms with Crippen molar-refractivity contribution < 1.29 is 14.7 Å². The van der Waals surface area contributed by atoms with Crippen LogP contribution in [0.25, 0.3) is 0 Å². The lowest BCUT2D eigenvalue weighted by atomic mass is 10.2. The number of hydrogen-bond donors (Lipinski definition) is 1. The Morgan fingerprint density at radius 2 is 2.05 bits per heavy atom. The van der Waals surface area contributed by atoms with Crippen molar-refractivity contribution in [1.82, 2.24) is 0 Å². The molecule has 2 rings (SSSR count). The highest BCUT2D eigenvalue weighted by Gasteiger charge is 2.11. The van der Waals surface area contributed by atoms with Crippen molar-refractivity contribution in [1.29, 1.82) is 0 Å². The molecule has 6 heteroatoms. The average Bonchev–Trinajstić information content (AvgIpc) is 2.47. The Labute approximate surface area is 132 Å². The minimum Gasteiger partial charge on any atom is -0.493 e. The van der Waals surface area contributed by atoms with Crippen molar-refractivity contribution in [3.8, 4) is 11.5 Å². The molecule has 0 saturated heterocycles. The second kappa shape index (κ2) is 7.20. The van der Waals surface area contributed by atoms with E-state index in [1.54, 1.807) is 36.4 Å². The van der Waals surface area contributed by atoms with Crippen LogP contribution in [-0.2, 0) is 6.61 Å². The Hall–Kier alpha value is -1.91. The molecule has 2 aromatic carbocycles. The fraction of sp³-hybridized carbons (Fsp3) is 0.133. The summed E-state index contributed by atoms with van der Waals surface area (Å²) in [4.78, 5) is 0. The zero-order valence-electron chi connectivity index (χ0n) is 11.2. The minimum atomic E-state index is 0.239. The van der Waals surface area contributed by atoms with Gasteiger partial charge in [0.15, 0.2) is 11.5 Å². The van der Waals surface area contributed by atoms with Gasteiger partial charge in [-0.25, -0.2) is 0 Å². The number of para-hydroxylation sites is 1. The highest BCUT2D eigenvalue weighted by molar-refractivity contribution is 6.35. The molecule has 0 amide bonds. The molecule has 0 unspecified atom stereocenters. The van der Waals surface area contributed by atoms with E-state index in [1.807, 2.05) is 0 Å². The number of hydrogen-bond acceptors (Lipinski definition) is 4. The Balaban J connectivity index is 2.26. The molecule has 4 nitrogen and oxygen atoms in total. The van der Waals surface area contributed by atoms with E-state index in [0.29, 0.717) is 27.1 Å². The maximum atomic E-state index is 8.70. The van der Waals surface area contributed by atoms with Crippen LogP contribution in [0.2, 0.25) is 10.0 Å². The molecule has 0 fully saturated rings. The summed E-state index contributed by atoms with van der Waals surface area (Å²) in [5, 5.41) is 12.8. The maximum absolute atomic E-state index is 8.70. The van der Waals surface area contributed by atoms with Crippen LogP contribution in [0.15, 0.2) is 41.6 Å². The quantitative estimate of drug-likeness (QED) is 0.504. The first-order valence-corrected chi connectivity index (χ1v) is 6.82. The highest BCUT2D eigenvalue weighted by Crippen LogP contribution is 2.31. The van der Waals surface area contributed by atoms with E-state index in [-0.39, 0.29) is 6.61 Å². The van der Waals surface area contributed by atoms with Gasteiger partial charge in [-0.15, -0.1) is 0 Å². The number of ether oxygens (including phenoxy) is 2. The van der Waals surface area contributed by atoms with Crippen LogP contribution in [0.1, 0.15) is 11.1 Å². The van der Waals surface area contributed by atoms with Crippen LogP contribution in [0, 0.1) is 0 Å². The van der Waals surface area contributed by atoms with E-state index in [2.05, 4.69) is 5.16 Å². The van der Waals surface area contributed by atoms with Gasteiger partial charge in [0.1, 0.15) is 6.61 Å². The molecule has 0 aliphatic heterocycles. The van der Waals surface area contributed by atoms with Gasteiger partial charge in [0, 0.05) is 21.2 Å². The minimum absolute atomic E-state index is 0.239. The first kappa shape index (κ1) is 15.5. The molecular formula is C15H13Cl2NO3. The van der Waals surface area contributed by atoms with Crippen molar-refractivity contribution in [2.45, 2.75) is 6.61 Å². The number of halogens is 2. The molecule has 0 spiro atoms. The first-order chi connectivity index (χ1) is 10.2. The van der Waals surface area contributed by atoms with Crippen LogP contribution in [0.4, 0.5) is 0 Å². The topological polar surface area (TPSA) is 51.0 Å². The standard InChI is InChI=1S/C15H13Cl2NO3/c1-20-14-4-2-3-10(8-18-19)15(14)21-9-11-5-6-12(16)7-13(11)17/h2-8,19H,9H2,1H3. The van der Waals surface area contributed by atoms with Crippen LogP contribution < -0.4 is 9.47 Å². The predicted octanol–water partition coefficient (Wildman–Crippen LogP) is 4.39. The molecule has 0 saturated carbocycles. The Bertz CT molecular complexity index is 659. The molecule has 0 atom stereocenters. The van der Waals surface area contributed by atoms with Crippen molar-refractivity contribution >= 4 is 29.4 Å². The number of benzene rings is 2. The lowest BCUT2D eigenvalue weighted by molar-refractivity contribution is 0.283. The van der Waals surface area contributed by atoms with Crippen molar-refractivity contribution in [3.63, 3.8) is 0 Å². The van der Waals surface area contributed by atoms with E-state index in [1.165, 1.54) is 13.3 Å². The van der Waals surface area contributed by atoms with Gasteiger partial charge in [0.2, 0.25) is 0 Å². The average molecular weight is 326 g/mol. The van der Waals surface area contributed by atoms with Crippen LogP contribution in [0.5, 0.6) is 11.5 Å². The lowest BCUT2D eigenvalue weighted by Gasteiger charge is -2.13. The summed E-state index contributed by atoms with van der Waals surface area (Å²) in [6.07, 6.45) is 1.28. The fourth-order valence-corrected chi connectivity index (χ4v) is 2.26. The number of nitrogens with zero attached hydrogens (tertiary/aromatic N) is 1. The second-order valence-corrected chi connectivity index (χ2v) is 4.99.